The van der Waals surface area contributed by atoms with Crippen molar-refractivity contribution in [3.63, 3.8) is 0 Å². The summed E-state index contributed by atoms with van der Waals surface area (Å²) in [5.41, 5.74) is 5.07. The molecule has 4 heterocycles. The Kier molecular flexibility index (Phi) is 3.48. The molecule has 0 amide bonds. The average Bonchev–Trinajstić information content (AvgIpc) is 3.15. The Bertz CT molecular complexity index is 765. The lowest BCUT2D eigenvalue weighted by Gasteiger charge is -2.27. The van der Waals surface area contributed by atoms with E-state index in [4.69, 9.17) is 4.99 Å². The first-order valence-corrected chi connectivity index (χ1v) is 8.99. The van der Waals surface area contributed by atoms with Crippen molar-refractivity contribution in [3.05, 3.63) is 53.1 Å². The monoisotopic (exact) mass is 326 g/mol. The van der Waals surface area contributed by atoms with Gasteiger partial charge in [0.1, 0.15) is 6.04 Å². The molecule has 23 heavy (non-hydrogen) atoms. The highest BCUT2D eigenvalue weighted by atomic mass is 32.2. The number of pyridine rings is 1. The first kappa shape index (κ1) is 14.8. The molecule has 2 aliphatic rings. The fourth-order valence-electron chi connectivity index (χ4n) is 3.64. The number of hydrogen-bond donors (Lipinski definition) is 0. The zero-order valence-electron chi connectivity index (χ0n) is 14.0. The van der Waals surface area contributed by atoms with Gasteiger partial charge in [0.25, 0.3) is 0 Å². The molecule has 1 saturated heterocycles. The van der Waals surface area contributed by atoms with Gasteiger partial charge in [-0.2, -0.15) is 0 Å². The van der Waals surface area contributed by atoms with Crippen LogP contribution >= 0.6 is 11.8 Å². The van der Waals surface area contributed by atoms with Gasteiger partial charge in [-0.1, -0.05) is 24.8 Å². The molecule has 2 aromatic rings. The topological polar surface area (TPSA) is 33.4 Å². The molecule has 3 atom stereocenters. The molecular formula is C18H22N4S. The minimum atomic E-state index is 0.0895. The number of fused-ring (bicyclic) bond motifs is 1. The Morgan fingerprint density at radius 2 is 2.09 bits per heavy atom. The maximum Gasteiger partial charge on any atom is 0.160 e. The number of amidine groups is 1. The van der Waals surface area contributed by atoms with Crippen LogP contribution in [0.15, 0.2) is 35.5 Å². The van der Waals surface area contributed by atoms with Crippen molar-refractivity contribution in [2.24, 2.45) is 12.0 Å². The summed E-state index contributed by atoms with van der Waals surface area (Å²) in [5.74, 6) is 0. The largest absolute Gasteiger partial charge is 0.352 e. The lowest BCUT2D eigenvalue weighted by atomic mass is 9.96. The van der Waals surface area contributed by atoms with Gasteiger partial charge in [-0.3, -0.25) is 9.98 Å². The molecule has 0 aliphatic carbocycles. The van der Waals surface area contributed by atoms with Crippen LogP contribution in [0.3, 0.4) is 0 Å². The molecule has 2 aliphatic heterocycles. The molecule has 0 bridgehead atoms. The molecule has 0 saturated carbocycles. The van der Waals surface area contributed by atoms with E-state index in [-0.39, 0.29) is 12.1 Å². The Balaban J connectivity index is 1.82. The number of nitrogens with zero attached hydrogens (tertiary/aromatic N) is 4. The second-order valence-corrected chi connectivity index (χ2v) is 7.93. The molecular weight excluding hydrogens is 304 g/mol. The van der Waals surface area contributed by atoms with Crippen LogP contribution < -0.4 is 0 Å². The maximum absolute atomic E-state index is 5.04. The Morgan fingerprint density at radius 1 is 1.26 bits per heavy atom. The van der Waals surface area contributed by atoms with Crippen LogP contribution in [-0.2, 0) is 7.05 Å². The van der Waals surface area contributed by atoms with E-state index < -0.39 is 0 Å². The van der Waals surface area contributed by atoms with E-state index in [0.717, 1.165) is 12.2 Å². The number of thioether (sulfide) groups is 1. The minimum absolute atomic E-state index is 0.0895. The summed E-state index contributed by atoms with van der Waals surface area (Å²) < 4.78 is 2.27. The predicted octanol–water partition coefficient (Wildman–Crippen LogP) is 3.63. The molecule has 4 rings (SSSR count). The lowest BCUT2D eigenvalue weighted by Crippen LogP contribution is -2.28. The highest BCUT2D eigenvalue weighted by Crippen LogP contribution is 2.48. The molecule has 0 N–H and O–H groups in total. The third-order valence-electron chi connectivity index (χ3n) is 5.01. The molecule has 0 aromatic carbocycles. The minimum Gasteiger partial charge on any atom is -0.352 e. The van der Waals surface area contributed by atoms with Gasteiger partial charge in [0.05, 0.1) is 11.7 Å². The molecule has 0 unspecified atom stereocenters. The quantitative estimate of drug-likeness (QED) is 0.845. The third kappa shape index (κ3) is 2.29. The van der Waals surface area contributed by atoms with Crippen molar-refractivity contribution in [2.75, 3.05) is 6.54 Å². The zero-order chi connectivity index (χ0) is 16.1. The van der Waals surface area contributed by atoms with Crippen molar-refractivity contribution in [1.29, 1.82) is 0 Å². The van der Waals surface area contributed by atoms with E-state index in [2.05, 4.69) is 60.5 Å². The molecule has 0 spiro atoms. The Hall–Kier alpha value is -1.75. The lowest BCUT2D eigenvalue weighted by molar-refractivity contribution is 0.320. The number of rotatable bonds is 2. The van der Waals surface area contributed by atoms with Gasteiger partial charge >= 0.3 is 0 Å². The zero-order valence-corrected chi connectivity index (χ0v) is 14.8. The highest BCUT2D eigenvalue weighted by molar-refractivity contribution is 8.14. The van der Waals surface area contributed by atoms with E-state index in [1.807, 2.05) is 24.0 Å². The van der Waals surface area contributed by atoms with Crippen LogP contribution in [-0.4, -0.2) is 31.4 Å². The number of aliphatic imine (C=N–C) groups is 1. The van der Waals surface area contributed by atoms with Crippen molar-refractivity contribution in [1.82, 2.24) is 14.5 Å². The molecule has 120 valence electrons. The van der Waals surface area contributed by atoms with E-state index in [0.29, 0.717) is 5.25 Å². The van der Waals surface area contributed by atoms with Crippen molar-refractivity contribution in [2.45, 2.75) is 38.1 Å². The van der Waals surface area contributed by atoms with Gasteiger partial charge < -0.3 is 9.47 Å². The molecule has 5 heteroatoms. The molecule has 4 nitrogen and oxygen atoms in total. The van der Waals surface area contributed by atoms with Crippen LogP contribution in [0.1, 0.15) is 41.7 Å². The summed E-state index contributed by atoms with van der Waals surface area (Å²) in [6, 6.07) is 8.80. The van der Waals surface area contributed by atoms with Gasteiger partial charge in [0.15, 0.2) is 5.17 Å². The van der Waals surface area contributed by atoms with Gasteiger partial charge in [-0.25, -0.2) is 0 Å². The van der Waals surface area contributed by atoms with Gasteiger partial charge in [0.2, 0.25) is 0 Å². The van der Waals surface area contributed by atoms with E-state index >= 15 is 0 Å². The maximum atomic E-state index is 5.04. The number of hydrogen-bond acceptors (Lipinski definition) is 4. The van der Waals surface area contributed by atoms with E-state index in [9.17, 15) is 0 Å². The summed E-state index contributed by atoms with van der Waals surface area (Å²) in [7, 11) is 2.14. The summed E-state index contributed by atoms with van der Waals surface area (Å²) in [6.45, 7) is 7.72. The number of aryl methyl sites for hydroxylation is 1. The Labute approximate surface area is 141 Å². The SMILES string of the molecule is Cc1cc([C@@H]2[C@@H](c3ccccn3)N=C3S[C@@H](C)CN32)c(C)n1C. The van der Waals surface area contributed by atoms with Crippen molar-refractivity contribution in [3.8, 4) is 0 Å². The summed E-state index contributed by atoms with van der Waals surface area (Å²) in [6.07, 6.45) is 1.87. The highest BCUT2D eigenvalue weighted by Gasteiger charge is 2.44. The first-order chi connectivity index (χ1) is 11.1. The standard InChI is InChI=1S/C18H22N4S/c1-11-9-14(13(3)21(11)4)17-16(15-7-5-6-8-19-15)20-18-22(17)10-12(2)23-18/h5-9,12,16-17H,10H2,1-4H3/t12-,16+,17+/m0/s1. The smallest absolute Gasteiger partial charge is 0.160 e. The van der Waals surface area contributed by atoms with Crippen LogP contribution in [0.2, 0.25) is 0 Å². The molecule has 1 fully saturated rings. The summed E-state index contributed by atoms with van der Waals surface area (Å²) >= 11 is 1.89. The van der Waals surface area contributed by atoms with Gasteiger partial charge in [-0.15, -0.1) is 0 Å². The fourth-order valence-corrected chi connectivity index (χ4v) is 4.73. The van der Waals surface area contributed by atoms with Crippen LogP contribution in [0.4, 0.5) is 0 Å². The average molecular weight is 326 g/mol. The Morgan fingerprint density at radius 3 is 2.74 bits per heavy atom. The number of aromatic nitrogens is 2. The van der Waals surface area contributed by atoms with Gasteiger partial charge in [0, 0.05) is 36.4 Å². The fraction of sp³-hybridized carbons (Fsp3) is 0.444. The van der Waals surface area contributed by atoms with Crippen LogP contribution in [0, 0.1) is 13.8 Å². The van der Waals surface area contributed by atoms with Crippen LogP contribution in [0.25, 0.3) is 0 Å². The summed E-state index contributed by atoms with van der Waals surface area (Å²) in [4.78, 5) is 12.1. The van der Waals surface area contributed by atoms with E-state index in [1.165, 1.54) is 22.1 Å². The normalized spacial score (nSPS) is 26.5. The third-order valence-corrected chi connectivity index (χ3v) is 6.12. The predicted molar refractivity (Wildman–Crippen MR) is 95.8 cm³/mol. The molecule has 2 aromatic heterocycles. The van der Waals surface area contributed by atoms with E-state index in [1.54, 1.807) is 0 Å². The second kappa shape index (κ2) is 5.41. The van der Waals surface area contributed by atoms with Crippen molar-refractivity contribution < 1.29 is 0 Å². The van der Waals surface area contributed by atoms with Gasteiger partial charge in [-0.05, 0) is 37.6 Å². The first-order valence-electron chi connectivity index (χ1n) is 8.11. The van der Waals surface area contributed by atoms with Crippen molar-refractivity contribution >= 4 is 16.9 Å². The molecule has 0 radical (unpaired) electrons. The summed E-state index contributed by atoms with van der Waals surface area (Å²) in [5, 5.41) is 1.78. The van der Waals surface area contributed by atoms with Crippen LogP contribution in [0.5, 0.6) is 0 Å². The second-order valence-electron chi connectivity index (χ2n) is 6.52.